The molecule has 0 spiro atoms. The van der Waals surface area contributed by atoms with Gasteiger partial charge >= 0.3 is 6.09 Å². The zero-order chi connectivity index (χ0) is 21.0. The van der Waals surface area contributed by atoms with Crippen LogP contribution in [-0.2, 0) is 4.74 Å². The molecule has 0 atom stereocenters. The normalized spacial score (nSPS) is 14.5. The monoisotopic (exact) mass is 415 g/mol. The molecule has 1 aliphatic rings. The molecular formula is C22H26ClN3O3. The second kappa shape index (κ2) is 8.74. The van der Waals surface area contributed by atoms with Gasteiger partial charge < -0.3 is 14.5 Å². The van der Waals surface area contributed by atoms with Crippen LogP contribution in [0.3, 0.4) is 0 Å². The number of anilines is 2. The smallest absolute Gasteiger partial charge is 0.412 e. The Hall–Kier alpha value is -2.73. The number of carbonyl (C=O) groups excluding carboxylic acids is 2. The van der Waals surface area contributed by atoms with Crippen molar-refractivity contribution in [2.45, 2.75) is 26.4 Å². The summed E-state index contributed by atoms with van der Waals surface area (Å²) in [5.74, 6) is -0.0522. The van der Waals surface area contributed by atoms with Crippen molar-refractivity contribution in [1.82, 2.24) is 4.90 Å². The summed E-state index contributed by atoms with van der Waals surface area (Å²) < 4.78 is 5.26. The molecule has 1 heterocycles. The first-order valence-electron chi connectivity index (χ1n) is 9.61. The summed E-state index contributed by atoms with van der Waals surface area (Å²) in [7, 11) is 0. The van der Waals surface area contributed by atoms with Crippen LogP contribution in [0.4, 0.5) is 16.2 Å². The van der Waals surface area contributed by atoms with E-state index in [0.29, 0.717) is 29.4 Å². The van der Waals surface area contributed by atoms with Gasteiger partial charge in [-0.2, -0.15) is 0 Å². The molecular weight excluding hydrogens is 390 g/mol. The van der Waals surface area contributed by atoms with Crippen LogP contribution >= 0.6 is 11.6 Å². The fourth-order valence-corrected chi connectivity index (χ4v) is 3.36. The van der Waals surface area contributed by atoms with E-state index in [0.717, 1.165) is 18.8 Å². The molecule has 0 aromatic heterocycles. The number of rotatable bonds is 3. The van der Waals surface area contributed by atoms with Gasteiger partial charge in [0.25, 0.3) is 5.91 Å². The first-order valence-corrected chi connectivity index (χ1v) is 9.99. The highest BCUT2D eigenvalue weighted by Gasteiger charge is 2.23. The highest BCUT2D eigenvalue weighted by atomic mass is 35.5. The van der Waals surface area contributed by atoms with Gasteiger partial charge in [-0.1, -0.05) is 23.7 Å². The van der Waals surface area contributed by atoms with Crippen LogP contribution in [-0.4, -0.2) is 48.7 Å². The van der Waals surface area contributed by atoms with E-state index in [-0.39, 0.29) is 5.91 Å². The number of benzene rings is 2. The minimum absolute atomic E-state index is 0.0522. The van der Waals surface area contributed by atoms with Crippen molar-refractivity contribution in [2.75, 3.05) is 36.4 Å². The molecule has 1 fully saturated rings. The van der Waals surface area contributed by atoms with Gasteiger partial charge in [0.2, 0.25) is 0 Å². The molecule has 1 N–H and O–H groups in total. The van der Waals surface area contributed by atoms with Crippen LogP contribution in [0.25, 0.3) is 0 Å². The van der Waals surface area contributed by atoms with E-state index in [4.69, 9.17) is 16.3 Å². The lowest BCUT2D eigenvalue weighted by Crippen LogP contribution is -2.48. The van der Waals surface area contributed by atoms with Gasteiger partial charge in [-0.3, -0.25) is 10.1 Å². The maximum absolute atomic E-state index is 12.9. The van der Waals surface area contributed by atoms with Gasteiger partial charge in [-0.25, -0.2) is 4.79 Å². The van der Waals surface area contributed by atoms with Crippen LogP contribution < -0.4 is 10.2 Å². The van der Waals surface area contributed by atoms with Crippen LogP contribution in [0.15, 0.2) is 48.5 Å². The zero-order valence-corrected chi connectivity index (χ0v) is 17.7. The van der Waals surface area contributed by atoms with Crippen molar-refractivity contribution in [1.29, 1.82) is 0 Å². The Morgan fingerprint density at radius 2 is 1.69 bits per heavy atom. The van der Waals surface area contributed by atoms with E-state index in [1.54, 1.807) is 45.0 Å². The van der Waals surface area contributed by atoms with E-state index in [9.17, 15) is 9.59 Å². The SMILES string of the molecule is CC(C)(C)OC(=O)Nc1cccc(C(=O)N2CCN(c3cccc(Cl)c3)CC2)c1. The molecule has 0 radical (unpaired) electrons. The van der Waals surface area contributed by atoms with E-state index in [2.05, 4.69) is 10.2 Å². The summed E-state index contributed by atoms with van der Waals surface area (Å²) in [6, 6.07) is 14.7. The molecule has 7 heteroatoms. The third-order valence-electron chi connectivity index (χ3n) is 4.50. The number of nitrogens with zero attached hydrogens (tertiary/aromatic N) is 2. The average molecular weight is 416 g/mol. The van der Waals surface area contributed by atoms with E-state index >= 15 is 0 Å². The Morgan fingerprint density at radius 3 is 2.34 bits per heavy atom. The van der Waals surface area contributed by atoms with Crippen LogP contribution in [0.5, 0.6) is 0 Å². The number of piperazine rings is 1. The molecule has 0 saturated carbocycles. The summed E-state index contributed by atoms with van der Waals surface area (Å²) >= 11 is 6.08. The predicted molar refractivity (Wildman–Crippen MR) is 116 cm³/mol. The van der Waals surface area contributed by atoms with Crippen LogP contribution in [0.1, 0.15) is 31.1 Å². The number of hydrogen-bond acceptors (Lipinski definition) is 4. The quantitative estimate of drug-likeness (QED) is 0.792. The second-order valence-corrected chi connectivity index (χ2v) is 8.40. The number of nitrogens with one attached hydrogen (secondary N) is 1. The van der Waals surface area contributed by atoms with E-state index in [1.807, 2.05) is 29.2 Å². The highest BCUT2D eigenvalue weighted by molar-refractivity contribution is 6.30. The van der Waals surface area contributed by atoms with Crippen LogP contribution in [0.2, 0.25) is 5.02 Å². The number of amides is 2. The lowest BCUT2D eigenvalue weighted by atomic mass is 10.1. The fraction of sp³-hybridized carbons (Fsp3) is 0.364. The van der Waals surface area contributed by atoms with Crippen molar-refractivity contribution in [3.63, 3.8) is 0 Å². The molecule has 0 bridgehead atoms. The van der Waals surface area contributed by atoms with Crippen LogP contribution in [0, 0.1) is 0 Å². The van der Waals surface area contributed by atoms with Gasteiger partial charge in [0.15, 0.2) is 0 Å². The molecule has 2 amide bonds. The van der Waals surface area contributed by atoms with Gasteiger partial charge in [0.1, 0.15) is 5.60 Å². The first-order chi connectivity index (χ1) is 13.7. The van der Waals surface area contributed by atoms with Gasteiger partial charge in [0, 0.05) is 48.1 Å². The lowest BCUT2D eigenvalue weighted by molar-refractivity contribution is 0.0634. The molecule has 3 rings (SSSR count). The molecule has 0 aliphatic carbocycles. The Labute approximate surface area is 176 Å². The second-order valence-electron chi connectivity index (χ2n) is 7.97. The Balaban J connectivity index is 1.60. The van der Waals surface area contributed by atoms with E-state index in [1.165, 1.54) is 0 Å². The molecule has 29 heavy (non-hydrogen) atoms. The number of carbonyl (C=O) groups is 2. The topological polar surface area (TPSA) is 61.9 Å². The molecule has 2 aromatic rings. The third-order valence-corrected chi connectivity index (χ3v) is 4.73. The maximum atomic E-state index is 12.9. The van der Waals surface area contributed by atoms with E-state index < -0.39 is 11.7 Å². The van der Waals surface area contributed by atoms with Gasteiger partial charge in [-0.05, 0) is 57.2 Å². The number of hydrogen-bond donors (Lipinski definition) is 1. The van der Waals surface area contributed by atoms with Crippen molar-refractivity contribution in [2.24, 2.45) is 0 Å². The Kier molecular flexibility index (Phi) is 6.33. The maximum Gasteiger partial charge on any atom is 0.412 e. The van der Waals surface area contributed by atoms with Crippen molar-refractivity contribution < 1.29 is 14.3 Å². The molecule has 6 nitrogen and oxygen atoms in total. The minimum atomic E-state index is -0.583. The highest BCUT2D eigenvalue weighted by Crippen LogP contribution is 2.22. The van der Waals surface area contributed by atoms with Crippen molar-refractivity contribution in [3.05, 3.63) is 59.1 Å². The predicted octanol–water partition coefficient (Wildman–Crippen LogP) is 4.65. The third kappa shape index (κ3) is 5.87. The summed E-state index contributed by atoms with van der Waals surface area (Å²) in [6.45, 7) is 8.12. The zero-order valence-electron chi connectivity index (χ0n) is 16.9. The minimum Gasteiger partial charge on any atom is -0.444 e. The van der Waals surface area contributed by atoms with Gasteiger partial charge in [-0.15, -0.1) is 0 Å². The van der Waals surface area contributed by atoms with Crippen molar-refractivity contribution in [3.8, 4) is 0 Å². The lowest BCUT2D eigenvalue weighted by Gasteiger charge is -2.36. The Bertz CT molecular complexity index is 887. The fourth-order valence-electron chi connectivity index (χ4n) is 3.17. The molecule has 1 saturated heterocycles. The van der Waals surface area contributed by atoms with Crippen molar-refractivity contribution >= 4 is 35.0 Å². The Morgan fingerprint density at radius 1 is 1.00 bits per heavy atom. The summed E-state index contributed by atoms with van der Waals surface area (Å²) in [5.41, 5.74) is 1.55. The standard InChI is InChI=1S/C22H26ClN3O3/c1-22(2,3)29-21(28)24-18-8-4-6-16(14-18)20(27)26-12-10-25(11-13-26)19-9-5-7-17(23)15-19/h4-9,14-15H,10-13H2,1-3H3,(H,24,28). The largest absolute Gasteiger partial charge is 0.444 e. The number of halogens is 1. The number of ether oxygens (including phenoxy) is 1. The summed E-state index contributed by atoms with van der Waals surface area (Å²) in [5, 5.41) is 3.38. The first kappa shape index (κ1) is 21.0. The molecule has 2 aromatic carbocycles. The molecule has 154 valence electrons. The molecule has 0 unspecified atom stereocenters. The summed E-state index contributed by atoms with van der Waals surface area (Å²) in [4.78, 5) is 28.9. The van der Waals surface area contributed by atoms with Gasteiger partial charge in [0.05, 0.1) is 0 Å². The average Bonchev–Trinajstić information content (AvgIpc) is 2.66. The molecule has 1 aliphatic heterocycles. The summed E-state index contributed by atoms with van der Waals surface area (Å²) in [6.07, 6.45) is -0.544.